The Kier molecular flexibility index (Phi) is 8.67. The van der Waals surface area contributed by atoms with Crippen LogP contribution in [-0.2, 0) is 4.79 Å². The highest BCUT2D eigenvalue weighted by atomic mass is 16.2. The molecule has 0 aliphatic carbocycles. The van der Waals surface area contributed by atoms with Crippen LogP contribution in [0, 0.1) is 0 Å². The summed E-state index contributed by atoms with van der Waals surface area (Å²) in [6.07, 6.45) is 7.50. The minimum Gasteiger partial charge on any atom is -0.396 e. The number of hydrogen-bond acceptors (Lipinski definition) is 2. The molecule has 0 saturated carbocycles. The minimum absolute atomic E-state index is 0. The first-order valence-corrected chi connectivity index (χ1v) is 4.78. The number of aliphatic hydroxyl groups is 1. The maximum atomic E-state index is 10.1. The van der Waals surface area contributed by atoms with E-state index in [1.165, 1.54) is 0 Å². The topological polar surface area (TPSA) is 49.3 Å². The lowest BCUT2D eigenvalue weighted by molar-refractivity contribution is -0.109. The van der Waals surface area contributed by atoms with Crippen LogP contribution in [0.2, 0.25) is 0 Å². The number of hydrogen-bond donors (Lipinski definition) is 2. The van der Waals surface area contributed by atoms with Gasteiger partial charge in [0.1, 0.15) is 0 Å². The Morgan fingerprint density at radius 2 is 2.08 bits per heavy atom. The number of amides is 1. The van der Waals surface area contributed by atoms with Crippen LogP contribution in [0.1, 0.15) is 33.5 Å². The van der Waals surface area contributed by atoms with Crippen LogP contribution in [0.15, 0.2) is 12.7 Å². The highest BCUT2D eigenvalue weighted by Gasteiger charge is 2.00. The quantitative estimate of drug-likeness (QED) is 0.326. The molecule has 0 heterocycles. The van der Waals surface area contributed by atoms with E-state index in [4.69, 9.17) is 5.11 Å². The molecule has 0 spiro atoms. The standard InChI is InChI=1S/C10H19NO2.H2/c1-2-10(11-9-13)7-5-3-4-6-8-12;/h2,9-10,12H,1,3-8H2,(H,11,13);1H/t10-;/m1./s1. The van der Waals surface area contributed by atoms with Gasteiger partial charge in [0.2, 0.25) is 6.41 Å². The molecule has 0 bridgehead atoms. The molecule has 1 atom stereocenters. The molecule has 0 aliphatic heterocycles. The summed E-state index contributed by atoms with van der Waals surface area (Å²) in [5.41, 5.74) is 0. The molecular formula is C10H21NO2. The van der Waals surface area contributed by atoms with Gasteiger partial charge in [-0.25, -0.2) is 0 Å². The largest absolute Gasteiger partial charge is 0.396 e. The molecule has 1 amide bonds. The van der Waals surface area contributed by atoms with Gasteiger partial charge < -0.3 is 10.4 Å². The third-order valence-electron chi connectivity index (χ3n) is 1.99. The van der Waals surface area contributed by atoms with E-state index >= 15 is 0 Å². The summed E-state index contributed by atoms with van der Waals surface area (Å²) in [5.74, 6) is 0. The molecule has 0 aromatic rings. The molecule has 0 radical (unpaired) electrons. The number of unbranched alkanes of at least 4 members (excludes halogenated alkanes) is 3. The summed E-state index contributed by atoms with van der Waals surface area (Å²) >= 11 is 0. The summed E-state index contributed by atoms with van der Waals surface area (Å²) in [5, 5.41) is 11.2. The number of nitrogens with one attached hydrogen (secondary N) is 1. The SMILES string of the molecule is C=C[C@H](CCCCCCO)NC=O.[HH]. The predicted molar refractivity (Wildman–Crippen MR) is 55.5 cm³/mol. The van der Waals surface area contributed by atoms with Crippen molar-refractivity contribution in [1.29, 1.82) is 0 Å². The Bertz CT molecular complexity index is 142. The first kappa shape index (κ1) is 12.2. The summed E-state index contributed by atoms with van der Waals surface area (Å²) in [4.78, 5) is 10.1. The fraction of sp³-hybridized carbons (Fsp3) is 0.700. The van der Waals surface area contributed by atoms with Gasteiger partial charge in [0.15, 0.2) is 0 Å². The predicted octanol–water partition coefficient (Wildman–Crippen LogP) is 1.48. The molecular weight excluding hydrogens is 166 g/mol. The number of aliphatic hydroxyl groups excluding tert-OH is 1. The van der Waals surface area contributed by atoms with E-state index in [0.29, 0.717) is 6.41 Å². The molecule has 0 aromatic heterocycles. The van der Waals surface area contributed by atoms with Gasteiger partial charge in [0, 0.05) is 14.1 Å². The normalized spacial score (nSPS) is 12.1. The van der Waals surface area contributed by atoms with E-state index in [2.05, 4.69) is 11.9 Å². The first-order chi connectivity index (χ1) is 6.35. The van der Waals surface area contributed by atoms with Crippen molar-refractivity contribution in [2.75, 3.05) is 6.61 Å². The van der Waals surface area contributed by atoms with Crippen molar-refractivity contribution < 1.29 is 11.3 Å². The fourth-order valence-corrected chi connectivity index (χ4v) is 1.19. The number of carbonyl (C=O) groups is 1. The van der Waals surface area contributed by atoms with Crippen molar-refractivity contribution in [3.8, 4) is 0 Å². The van der Waals surface area contributed by atoms with Gasteiger partial charge in [-0.3, -0.25) is 4.79 Å². The Labute approximate surface area is 81.3 Å². The lowest BCUT2D eigenvalue weighted by Crippen LogP contribution is -2.24. The Morgan fingerprint density at radius 3 is 2.62 bits per heavy atom. The molecule has 3 nitrogen and oxygen atoms in total. The van der Waals surface area contributed by atoms with Gasteiger partial charge in [-0.15, -0.1) is 6.58 Å². The molecule has 3 heteroatoms. The van der Waals surface area contributed by atoms with Crippen molar-refractivity contribution in [3.63, 3.8) is 0 Å². The van der Waals surface area contributed by atoms with Crippen LogP contribution in [0.4, 0.5) is 0 Å². The average Bonchev–Trinajstić information content (AvgIpc) is 2.16. The highest BCUT2D eigenvalue weighted by Crippen LogP contribution is 2.05. The van der Waals surface area contributed by atoms with Gasteiger partial charge >= 0.3 is 0 Å². The van der Waals surface area contributed by atoms with Gasteiger partial charge in [-0.1, -0.05) is 25.3 Å². The molecule has 0 unspecified atom stereocenters. The van der Waals surface area contributed by atoms with E-state index in [0.717, 1.165) is 32.1 Å². The lowest BCUT2D eigenvalue weighted by Gasteiger charge is -2.09. The Balaban J connectivity index is 0. The Hall–Kier alpha value is -0.830. The molecule has 2 N–H and O–H groups in total. The van der Waals surface area contributed by atoms with E-state index in [-0.39, 0.29) is 14.1 Å². The monoisotopic (exact) mass is 187 g/mol. The second-order valence-electron chi connectivity index (χ2n) is 3.05. The van der Waals surface area contributed by atoms with Gasteiger partial charge in [0.05, 0.1) is 0 Å². The molecule has 13 heavy (non-hydrogen) atoms. The zero-order chi connectivity index (χ0) is 9.94. The maximum Gasteiger partial charge on any atom is 0.207 e. The first-order valence-electron chi connectivity index (χ1n) is 4.78. The van der Waals surface area contributed by atoms with Crippen LogP contribution in [0.3, 0.4) is 0 Å². The van der Waals surface area contributed by atoms with Gasteiger partial charge in [-0.2, -0.15) is 0 Å². The summed E-state index contributed by atoms with van der Waals surface area (Å²) in [7, 11) is 0. The molecule has 0 saturated heterocycles. The summed E-state index contributed by atoms with van der Waals surface area (Å²) in [6, 6.07) is 0.103. The van der Waals surface area contributed by atoms with Crippen LogP contribution < -0.4 is 5.32 Å². The summed E-state index contributed by atoms with van der Waals surface area (Å²) in [6.45, 7) is 3.91. The molecule has 0 aliphatic rings. The van der Waals surface area contributed by atoms with Gasteiger partial charge in [-0.05, 0) is 12.8 Å². The van der Waals surface area contributed by atoms with E-state index in [1.807, 2.05) is 0 Å². The molecule has 0 aromatic carbocycles. The zero-order valence-corrected chi connectivity index (χ0v) is 8.04. The van der Waals surface area contributed by atoms with Crippen molar-refractivity contribution in [2.24, 2.45) is 0 Å². The highest BCUT2D eigenvalue weighted by molar-refractivity contribution is 5.47. The van der Waals surface area contributed by atoms with E-state index in [9.17, 15) is 4.79 Å². The molecule has 78 valence electrons. The smallest absolute Gasteiger partial charge is 0.207 e. The third-order valence-corrected chi connectivity index (χ3v) is 1.99. The fourth-order valence-electron chi connectivity index (χ4n) is 1.19. The maximum absolute atomic E-state index is 10.1. The van der Waals surface area contributed by atoms with Crippen molar-refractivity contribution >= 4 is 6.41 Å². The van der Waals surface area contributed by atoms with Crippen LogP contribution in [0.25, 0.3) is 0 Å². The molecule has 0 rings (SSSR count). The van der Waals surface area contributed by atoms with Gasteiger partial charge in [0.25, 0.3) is 0 Å². The number of carbonyl (C=O) groups excluding carboxylic acids is 1. The van der Waals surface area contributed by atoms with Crippen molar-refractivity contribution in [1.82, 2.24) is 5.32 Å². The van der Waals surface area contributed by atoms with Crippen LogP contribution >= 0.6 is 0 Å². The molecule has 0 fully saturated rings. The average molecular weight is 187 g/mol. The van der Waals surface area contributed by atoms with Crippen LogP contribution in [-0.4, -0.2) is 24.2 Å². The van der Waals surface area contributed by atoms with E-state index in [1.54, 1.807) is 6.08 Å². The second kappa shape index (κ2) is 9.26. The van der Waals surface area contributed by atoms with Crippen LogP contribution in [0.5, 0.6) is 0 Å². The second-order valence-corrected chi connectivity index (χ2v) is 3.05. The van der Waals surface area contributed by atoms with E-state index < -0.39 is 0 Å². The minimum atomic E-state index is 0. The Morgan fingerprint density at radius 1 is 1.38 bits per heavy atom. The number of rotatable bonds is 9. The third kappa shape index (κ3) is 7.53. The van der Waals surface area contributed by atoms with Crippen molar-refractivity contribution in [2.45, 2.75) is 38.1 Å². The summed E-state index contributed by atoms with van der Waals surface area (Å²) < 4.78 is 0. The van der Waals surface area contributed by atoms with Crippen molar-refractivity contribution in [3.05, 3.63) is 12.7 Å². The lowest BCUT2D eigenvalue weighted by atomic mass is 10.1. The zero-order valence-electron chi connectivity index (χ0n) is 8.04.